The second-order valence-corrected chi connectivity index (χ2v) is 9.78. The van der Waals surface area contributed by atoms with Crippen molar-refractivity contribution in [1.29, 1.82) is 0 Å². The number of sulfonamides is 1. The molecular weight excluding hydrogens is 404 g/mol. The van der Waals surface area contributed by atoms with Crippen molar-refractivity contribution in [2.45, 2.75) is 4.90 Å². The molecular formula is C17H18N4O3S3. The number of ether oxygens (including phenoxy) is 1. The maximum atomic E-state index is 12.8. The zero-order valence-electron chi connectivity index (χ0n) is 14.6. The van der Waals surface area contributed by atoms with Gasteiger partial charge in [0.15, 0.2) is 5.01 Å². The number of methoxy groups -OCH3 is 1. The monoisotopic (exact) mass is 422 g/mol. The van der Waals surface area contributed by atoms with Crippen molar-refractivity contribution in [2.75, 3.05) is 38.2 Å². The smallest absolute Gasteiger partial charge is 0.243 e. The molecule has 3 heterocycles. The maximum absolute atomic E-state index is 12.8. The van der Waals surface area contributed by atoms with E-state index in [1.165, 1.54) is 15.6 Å². The second kappa shape index (κ2) is 7.55. The molecule has 0 bridgehead atoms. The van der Waals surface area contributed by atoms with Gasteiger partial charge in [-0.05, 0) is 35.7 Å². The summed E-state index contributed by atoms with van der Waals surface area (Å²) in [5, 5.41) is 12.3. The summed E-state index contributed by atoms with van der Waals surface area (Å²) < 4.78 is 32.3. The standard InChI is InChI=1S/C17H18N4O3S3/c1-24-13-4-6-14(7-5-13)27(22,23)21-10-8-20(9-11-21)17-19-18-16(26-17)15-3-2-12-25-15/h2-7,12H,8-11H2,1H3. The third-order valence-electron chi connectivity index (χ3n) is 4.35. The molecule has 0 amide bonds. The van der Waals surface area contributed by atoms with Crippen molar-refractivity contribution in [3.05, 3.63) is 41.8 Å². The summed E-state index contributed by atoms with van der Waals surface area (Å²) in [6.45, 7) is 2.02. The van der Waals surface area contributed by atoms with Crippen LogP contribution in [0.5, 0.6) is 5.75 Å². The number of benzene rings is 1. The molecule has 0 aliphatic carbocycles. The minimum Gasteiger partial charge on any atom is -0.497 e. The van der Waals surface area contributed by atoms with Gasteiger partial charge in [0.25, 0.3) is 0 Å². The van der Waals surface area contributed by atoms with Gasteiger partial charge in [0.05, 0.1) is 16.9 Å². The Morgan fingerprint density at radius 1 is 1.04 bits per heavy atom. The fourth-order valence-electron chi connectivity index (χ4n) is 2.86. The van der Waals surface area contributed by atoms with Crippen molar-refractivity contribution in [3.8, 4) is 15.6 Å². The number of aromatic nitrogens is 2. The molecule has 0 N–H and O–H groups in total. The van der Waals surface area contributed by atoms with E-state index in [9.17, 15) is 8.42 Å². The first-order chi connectivity index (χ1) is 13.1. The van der Waals surface area contributed by atoms with Crippen LogP contribution in [0.2, 0.25) is 0 Å². The number of rotatable bonds is 5. The van der Waals surface area contributed by atoms with Crippen LogP contribution in [0.3, 0.4) is 0 Å². The van der Waals surface area contributed by atoms with Gasteiger partial charge >= 0.3 is 0 Å². The summed E-state index contributed by atoms with van der Waals surface area (Å²) in [5.41, 5.74) is 0. The van der Waals surface area contributed by atoms with Gasteiger partial charge in [-0.3, -0.25) is 0 Å². The van der Waals surface area contributed by atoms with Gasteiger partial charge < -0.3 is 9.64 Å². The summed E-state index contributed by atoms with van der Waals surface area (Å²) >= 11 is 3.17. The lowest BCUT2D eigenvalue weighted by Gasteiger charge is -2.33. The predicted molar refractivity (Wildman–Crippen MR) is 107 cm³/mol. The largest absolute Gasteiger partial charge is 0.497 e. The Morgan fingerprint density at radius 3 is 2.41 bits per heavy atom. The Hall–Kier alpha value is -2.01. The van der Waals surface area contributed by atoms with Crippen molar-refractivity contribution in [1.82, 2.24) is 14.5 Å². The summed E-state index contributed by atoms with van der Waals surface area (Å²) in [7, 11) is -1.95. The molecule has 0 unspecified atom stereocenters. The lowest BCUT2D eigenvalue weighted by atomic mass is 10.3. The highest BCUT2D eigenvalue weighted by Gasteiger charge is 2.29. The Balaban J connectivity index is 1.43. The van der Waals surface area contributed by atoms with Gasteiger partial charge in [0, 0.05) is 26.2 Å². The number of hydrogen-bond acceptors (Lipinski definition) is 8. The number of nitrogens with zero attached hydrogens (tertiary/aromatic N) is 4. The lowest BCUT2D eigenvalue weighted by Crippen LogP contribution is -2.48. The van der Waals surface area contributed by atoms with E-state index in [2.05, 4.69) is 15.1 Å². The highest BCUT2D eigenvalue weighted by molar-refractivity contribution is 7.89. The van der Waals surface area contributed by atoms with Gasteiger partial charge in [-0.1, -0.05) is 17.4 Å². The van der Waals surface area contributed by atoms with E-state index in [0.29, 0.717) is 31.9 Å². The molecule has 0 atom stereocenters. The number of anilines is 1. The molecule has 0 spiro atoms. The third kappa shape index (κ3) is 3.70. The molecule has 142 valence electrons. The van der Waals surface area contributed by atoms with Gasteiger partial charge in [0.1, 0.15) is 5.75 Å². The Morgan fingerprint density at radius 2 is 1.78 bits per heavy atom. The second-order valence-electron chi connectivity index (χ2n) is 5.93. The van der Waals surface area contributed by atoms with Crippen LogP contribution in [0.15, 0.2) is 46.7 Å². The van der Waals surface area contributed by atoms with E-state index in [1.54, 1.807) is 42.7 Å². The molecule has 1 aliphatic heterocycles. The average molecular weight is 423 g/mol. The normalized spacial score (nSPS) is 15.8. The van der Waals surface area contributed by atoms with Crippen molar-refractivity contribution in [3.63, 3.8) is 0 Å². The average Bonchev–Trinajstić information content (AvgIpc) is 3.40. The fraction of sp³-hybridized carbons (Fsp3) is 0.294. The first kappa shape index (κ1) is 18.4. The molecule has 1 saturated heterocycles. The van der Waals surface area contributed by atoms with Gasteiger partial charge in [-0.15, -0.1) is 21.5 Å². The molecule has 27 heavy (non-hydrogen) atoms. The number of piperazine rings is 1. The van der Waals surface area contributed by atoms with Gasteiger partial charge in [-0.25, -0.2) is 8.42 Å². The van der Waals surface area contributed by atoms with Crippen LogP contribution in [-0.4, -0.2) is 56.2 Å². The molecule has 7 nitrogen and oxygen atoms in total. The topological polar surface area (TPSA) is 75.6 Å². The molecule has 0 saturated carbocycles. The minimum atomic E-state index is -3.50. The molecule has 1 aromatic carbocycles. The van der Waals surface area contributed by atoms with Crippen molar-refractivity contribution < 1.29 is 13.2 Å². The van der Waals surface area contributed by atoms with Crippen LogP contribution >= 0.6 is 22.7 Å². The van der Waals surface area contributed by atoms with E-state index in [1.807, 2.05) is 17.5 Å². The molecule has 4 rings (SSSR count). The zero-order valence-corrected chi connectivity index (χ0v) is 17.1. The SMILES string of the molecule is COc1ccc(S(=O)(=O)N2CCN(c3nnc(-c4cccs4)s3)CC2)cc1. The van der Waals surface area contributed by atoms with E-state index in [-0.39, 0.29) is 4.90 Å². The highest BCUT2D eigenvalue weighted by atomic mass is 32.2. The molecule has 0 radical (unpaired) electrons. The van der Waals surface area contributed by atoms with Crippen molar-refractivity contribution >= 4 is 37.8 Å². The molecule has 1 fully saturated rings. The first-order valence-electron chi connectivity index (χ1n) is 8.34. The van der Waals surface area contributed by atoms with Crippen LogP contribution in [0.4, 0.5) is 5.13 Å². The van der Waals surface area contributed by atoms with E-state index < -0.39 is 10.0 Å². The summed E-state index contributed by atoms with van der Waals surface area (Å²) in [5.74, 6) is 0.636. The molecule has 1 aliphatic rings. The van der Waals surface area contributed by atoms with Crippen LogP contribution in [-0.2, 0) is 10.0 Å². The molecule has 3 aromatic rings. The maximum Gasteiger partial charge on any atom is 0.243 e. The van der Waals surface area contributed by atoms with Gasteiger partial charge in [-0.2, -0.15) is 4.31 Å². The number of thiophene rings is 1. The lowest BCUT2D eigenvalue weighted by molar-refractivity contribution is 0.384. The Kier molecular flexibility index (Phi) is 5.13. The van der Waals surface area contributed by atoms with E-state index in [4.69, 9.17) is 4.74 Å². The summed E-state index contributed by atoms with van der Waals surface area (Å²) in [4.78, 5) is 3.47. The minimum absolute atomic E-state index is 0.285. The number of hydrogen-bond donors (Lipinski definition) is 0. The Labute approximate surface area is 165 Å². The quantitative estimate of drug-likeness (QED) is 0.629. The van der Waals surface area contributed by atoms with Crippen LogP contribution in [0.1, 0.15) is 0 Å². The molecule has 10 heteroatoms. The first-order valence-corrected chi connectivity index (χ1v) is 11.5. The van der Waals surface area contributed by atoms with Crippen molar-refractivity contribution in [2.24, 2.45) is 0 Å². The van der Waals surface area contributed by atoms with Crippen LogP contribution < -0.4 is 9.64 Å². The zero-order chi connectivity index (χ0) is 18.9. The van der Waals surface area contributed by atoms with Crippen LogP contribution in [0, 0.1) is 0 Å². The third-order valence-corrected chi connectivity index (χ3v) is 8.29. The van der Waals surface area contributed by atoms with Gasteiger partial charge in [0.2, 0.25) is 15.2 Å². The van der Waals surface area contributed by atoms with Crippen LogP contribution in [0.25, 0.3) is 9.88 Å². The van der Waals surface area contributed by atoms with E-state index >= 15 is 0 Å². The molecule has 2 aromatic heterocycles. The fourth-order valence-corrected chi connectivity index (χ4v) is 5.97. The van der Waals surface area contributed by atoms with E-state index in [0.717, 1.165) is 15.0 Å². The predicted octanol–water partition coefficient (Wildman–Crippen LogP) is 2.79. The Bertz CT molecular complexity index is 992. The highest BCUT2D eigenvalue weighted by Crippen LogP contribution is 2.32. The summed E-state index contributed by atoms with van der Waals surface area (Å²) in [6, 6.07) is 10.5. The summed E-state index contributed by atoms with van der Waals surface area (Å²) in [6.07, 6.45) is 0.